The first-order chi connectivity index (χ1) is 12.7. The standard InChI is InChI=1S/C17H16Cl2N6O/c1-26-25-9-3-4-10-15(14-11(18)5-2-6-12(14)19)22-17(23-16(10)25)21-13-7-8-20-24-13/h2-3,5-10,16H,4H2,1H3,(H2,20,21,23,24). The highest BCUT2D eigenvalue weighted by atomic mass is 35.5. The maximum atomic E-state index is 6.45. The Hall–Kier alpha value is -2.35. The second-order valence-electron chi connectivity index (χ2n) is 5.82. The number of nitrogens with zero attached hydrogens (tertiary/aromatic N) is 4. The molecular formula is C17H16Cl2N6O. The second-order valence-corrected chi connectivity index (χ2v) is 6.64. The van der Waals surface area contributed by atoms with E-state index in [4.69, 9.17) is 38.0 Å². The summed E-state index contributed by atoms with van der Waals surface area (Å²) >= 11 is 12.9. The minimum atomic E-state index is -0.282. The third kappa shape index (κ3) is 3.09. The Bertz CT molecular complexity index is 872. The van der Waals surface area contributed by atoms with E-state index in [1.165, 1.54) is 0 Å². The van der Waals surface area contributed by atoms with Gasteiger partial charge >= 0.3 is 0 Å². The number of H-pyrrole nitrogens is 1. The first-order valence-electron chi connectivity index (χ1n) is 8.03. The van der Waals surface area contributed by atoms with Crippen LogP contribution in [0.2, 0.25) is 10.0 Å². The summed E-state index contributed by atoms with van der Waals surface area (Å²) in [4.78, 5) is 14.9. The zero-order valence-corrected chi connectivity index (χ0v) is 15.4. The lowest BCUT2D eigenvalue weighted by atomic mass is 9.88. The molecule has 9 heteroatoms. The molecule has 26 heavy (non-hydrogen) atoms. The van der Waals surface area contributed by atoms with Crippen LogP contribution in [0.5, 0.6) is 0 Å². The van der Waals surface area contributed by atoms with Crippen molar-refractivity contribution in [3.63, 3.8) is 0 Å². The molecule has 0 fully saturated rings. The number of hydroxylamine groups is 2. The topological polar surface area (TPSA) is 77.9 Å². The normalized spacial score (nSPS) is 21.9. The highest BCUT2D eigenvalue weighted by molar-refractivity contribution is 6.40. The number of hydrogen-bond donors (Lipinski definition) is 2. The average Bonchev–Trinajstić information content (AvgIpc) is 3.14. The van der Waals surface area contributed by atoms with E-state index in [1.807, 2.05) is 18.3 Å². The number of guanidine groups is 1. The van der Waals surface area contributed by atoms with E-state index in [9.17, 15) is 0 Å². The number of aliphatic imine (C=N–C) groups is 2. The Kier molecular flexibility index (Phi) is 4.67. The van der Waals surface area contributed by atoms with Gasteiger partial charge in [0.1, 0.15) is 5.82 Å². The molecule has 1 aromatic heterocycles. The lowest BCUT2D eigenvalue weighted by Crippen LogP contribution is -2.45. The van der Waals surface area contributed by atoms with Gasteiger partial charge in [-0.1, -0.05) is 35.3 Å². The van der Waals surface area contributed by atoms with Crippen LogP contribution in [0.3, 0.4) is 0 Å². The Morgan fingerprint density at radius 1 is 1.27 bits per heavy atom. The lowest BCUT2D eigenvalue weighted by molar-refractivity contribution is -0.130. The molecule has 0 aliphatic carbocycles. The van der Waals surface area contributed by atoms with Crippen molar-refractivity contribution >= 4 is 40.7 Å². The van der Waals surface area contributed by atoms with Crippen LogP contribution in [-0.4, -0.2) is 40.2 Å². The van der Waals surface area contributed by atoms with Gasteiger partial charge in [-0.15, -0.1) is 0 Å². The van der Waals surface area contributed by atoms with Crippen LogP contribution in [0.15, 0.2) is 52.7 Å². The van der Waals surface area contributed by atoms with Crippen LogP contribution >= 0.6 is 23.2 Å². The fraction of sp³-hybridized carbons (Fsp3) is 0.235. The van der Waals surface area contributed by atoms with Gasteiger partial charge in [-0.25, -0.2) is 15.0 Å². The van der Waals surface area contributed by atoms with Crippen LogP contribution in [0.1, 0.15) is 12.0 Å². The molecule has 1 aromatic carbocycles. The van der Waals surface area contributed by atoms with E-state index in [-0.39, 0.29) is 12.1 Å². The van der Waals surface area contributed by atoms with Gasteiger partial charge in [-0.3, -0.25) is 9.94 Å². The van der Waals surface area contributed by atoms with Crippen molar-refractivity contribution in [1.29, 1.82) is 0 Å². The van der Waals surface area contributed by atoms with Crippen molar-refractivity contribution in [1.82, 2.24) is 15.3 Å². The number of aromatic nitrogens is 2. The third-order valence-corrected chi connectivity index (χ3v) is 4.90. The van der Waals surface area contributed by atoms with Gasteiger partial charge in [0, 0.05) is 23.7 Å². The summed E-state index contributed by atoms with van der Waals surface area (Å²) in [5.41, 5.74) is 1.49. The van der Waals surface area contributed by atoms with Gasteiger partial charge in [0.05, 0.1) is 29.1 Å². The molecule has 3 heterocycles. The number of aromatic amines is 1. The van der Waals surface area contributed by atoms with E-state index in [0.29, 0.717) is 21.8 Å². The van der Waals surface area contributed by atoms with Gasteiger partial charge in [0.2, 0.25) is 5.96 Å². The van der Waals surface area contributed by atoms with E-state index in [1.54, 1.807) is 36.6 Å². The fourth-order valence-corrected chi connectivity index (χ4v) is 3.70. The van der Waals surface area contributed by atoms with Crippen LogP contribution in [0.25, 0.3) is 0 Å². The van der Waals surface area contributed by atoms with Gasteiger partial charge < -0.3 is 5.32 Å². The number of fused-ring (bicyclic) bond motifs is 1. The molecule has 0 bridgehead atoms. The molecular weight excluding hydrogens is 375 g/mol. The SMILES string of the molecule is CON1C=CCC2C(c3c(Cl)cccc3Cl)=NC(Nc3ccn[nH]3)=NC21. The number of rotatable bonds is 3. The Labute approximate surface area is 160 Å². The molecule has 2 aliphatic rings. The first-order valence-corrected chi connectivity index (χ1v) is 8.79. The average molecular weight is 391 g/mol. The summed E-state index contributed by atoms with van der Waals surface area (Å²) < 4.78 is 0. The zero-order valence-electron chi connectivity index (χ0n) is 13.9. The molecule has 2 aromatic rings. The summed E-state index contributed by atoms with van der Waals surface area (Å²) in [7, 11) is 1.61. The molecule has 0 saturated carbocycles. The largest absolute Gasteiger partial charge is 0.309 e. The minimum absolute atomic E-state index is 0.0373. The smallest absolute Gasteiger partial charge is 0.226 e. The van der Waals surface area contributed by atoms with E-state index >= 15 is 0 Å². The molecule has 134 valence electrons. The summed E-state index contributed by atoms with van der Waals surface area (Å²) in [5.74, 6) is 1.08. The molecule has 2 aliphatic heterocycles. The Balaban J connectivity index is 1.81. The van der Waals surface area contributed by atoms with E-state index < -0.39 is 0 Å². The van der Waals surface area contributed by atoms with Crippen molar-refractivity contribution in [3.8, 4) is 0 Å². The zero-order chi connectivity index (χ0) is 18.1. The van der Waals surface area contributed by atoms with Gasteiger partial charge in [0.15, 0.2) is 6.17 Å². The maximum Gasteiger partial charge on any atom is 0.226 e. The predicted octanol–water partition coefficient (Wildman–Crippen LogP) is 3.71. The van der Waals surface area contributed by atoms with Crippen LogP contribution in [-0.2, 0) is 4.84 Å². The lowest BCUT2D eigenvalue weighted by Gasteiger charge is -2.37. The number of allylic oxidation sites excluding steroid dienone is 1. The molecule has 7 nitrogen and oxygen atoms in total. The van der Waals surface area contributed by atoms with E-state index in [0.717, 1.165) is 17.7 Å². The van der Waals surface area contributed by atoms with Crippen LogP contribution in [0, 0.1) is 5.92 Å². The number of nitrogens with one attached hydrogen (secondary N) is 2. The number of anilines is 1. The third-order valence-electron chi connectivity index (χ3n) is 4.27. The molecule has 4 rings (SSSR count). The van der Waals surface area contributed by atoms with Gasteiger partial charge in [0.25, 0.3) is 0 Å². The molecule has 0 amide bonds. The molecule has 0 saturated heterocycles. The summed E-state index contributed by atoms with van der Waals surface area (Å²) in [6.07, 6.45) is 6.01. The van der Waals surface area contributed by atoms with Crippen LogP contribution < -0.4 is 5.32 Å². The maximum absolute atomic E-state index is 6.45. The van der Waals surface area contributed by atoms with Crippen molar-refractivity contribution < 1.29 is 4.84 Å². The number of halogens is 2. The molecule has 0 spiro atoms. The Morgan fingerprint density at radius 3 is 2.77 bits per heavy atom. The van der Waals surface area contributed by atoms with Crippen molar-refractivity contribution in [2.45, 2.75) is 12.6 Å². The van der Waals surface area contributed by atoms with Crippen molar-refractivity contribution in [2.75, 3.05) is 12.4 Å². The monoisotopic (exact) mass is 390 g/mol. The molecule has 2 atom stereocenters. The highest BCUT2D eigenvalue weighted by Gasteiger charge is 2.37. The Morgan fingerprint density at radius 2 is 2.08 bits per heavy atom. The number of hydrogen-bond acceptors (Lipinski definition) is 6. The molecule has 0 radical (unpaired) electrons. The number of benzene rings is 1. The fourth-order valence-electron chi connectivity index (χ4n) is 3.11. The van der Waals surface area contributed by atoms with E-state index in [2.05, 4.69) is 15.5 Å². The molecule has 2 unspecified atom stereocenters. The quantitative estimate of drug-likeness (QED) is 0.836. The predicted molar refractivity (Wildman–Crippen MR) is 103 cm³/mol. The summed E-state index contributed by atoms with van der Waals surface area (Å²) in [6.45, 7) is 0. The second kappa shape index (κ2) is 7.11. The molecule has 2 N–H and O–H groups in total. The summed E-state index contributed by atoms with van der Waals surface area (Å²) in [5, 5.41) is 12.7. The van der Waals surface area contributed by atoms with Crippen molar-refractivity contribution in [2.24, 2.45) is 15.9 Å². The first kappa shape index (κ1) is 17.1. The highest BCUT2D eigenvalue weighted by Crippen LogP contribution is 2.35. The minimum Gasteiger partial charge on any atom is -0.309 e. The van der Waals surface area contributed by atoms with Gasteiger partial charge in [-0.2, -0.15) is 5.10 Å². The van der Waals surface area contributed by atoms with Gasteiger partial charge in [-0.05, 0) is 18.6 Å². The van der Waals surface area contributed by atoms with Crippen LogP contribution in [0.4, 0.5) is 5.82 Å². The summed E-state index contributed by atoms with van der Waals surface area (Å²) in [6, 6.07) is 7.22. The van der Waals surface area contributed by atoms with Crippen molar-refractivity contribution in [3.05, 3.63) is 58.3 Å².